The molecule has 1 aromatic carbocycles. The van der Waals surface area contributed by atoms with E-state index in [1.807, 2.05) is 31.2 Å². The van der Waals surface area contributed by atoms with Gasteiger partial charge in [-0.15, -0.1) is 11.3 Å². The number of rotatable bonds is 3. The second-order valence-electron chi connectivity index (χ2n) is 4.56. The Bertz CT molecular complexity index is 772. The molecule has 0 unspecified atom stereocenters. The van der Waals surface area contributed by atoms with Gasteiger partial charge in [-0.05, 0) is 30.9 Å². The Morgan fingerprint density at radius 1 is 1.35 bits per heavy atom. The number of esters is 1. The van der Waals surface area contributed by atoms with Gasteiger partial charge in [0.2, 0.25) is 0 Å². The molecule has 5 heteroatoms. The molecule has 4 nitrogen and oxygen atoms in total. The maximum atomic E-state index is 12.1. The van der Waals surface area contributed by atoms with Crippen molar-refractivity contribution < 1.29 is 14.1 Å². The van der Waals surface area contributed by atoms with Crippen molar-refractivity contribution in [3.8, 4) is 0 Å². The van der Waals surface area contributed by atoms with Crippen molar-refractivity contribution in [2.45, 2.75) is 20.5 Å². The highest BCUT2D eigenvalue weighted by Crippen LogP contribution is 2.31. The number of aryl methyl sites for hydroxylation is 2. The Balaban J connectivity index is 1.80. The minimum Gasteiger partial charge on any atom is -0.455 e. The summed E-state index contributed by atoms with van der Waals surface area (Å²) in [5.74, 6) is 0.387. The monoisotopic (exact) mass is 287 g/mol. The van der Waals surface area contributed by atoms with Crippen LogP contribution < -0.4 is 0 Å². The van der Waals surface area contributed by atoms with Gasteiger partial charge in [0.15, 0.2) is 0 Å². The highest BCUT2D eigenvalue weighted by atomic mass is 32.1. The number of nitrogens with zero attached hydrogens (tertiary/aromatic N) is 1. The third kappa shape index (κ3) is 2.32. The SMILES string of the molecule is Cc1cc(COC(=O)c2sc3ccccc3c2C)no1. The summed E-state index contributed by atoms with van der Waals surface area (Å²) in [4.78, 5) is 12.8. The van der Waals surface area contributed by atoms with Crippen LogP contribution in [0.1, 0.15) is 26.7 Å². The zero-order chi connectivity index (χ0) is 14.1. The fraction of sp³-hybridized carbons (Fsp3) is 0.200. The van der Waals surface area contributed by atoms with Crippen molar-refractivity contribution >= 4 is 27.4 Å². The predicted molar refractivity (Wildman–Crippen MR) is 76.9 cm³/mol. The van der Waals surface area contributed by atoms with Crippen molar-refractivity contribution in [3.05, 3.63) is 52.2 Å². The van der Waals surface area contributed by atoms with E-state index in [1.54, 1.807) is 13.0 Å². The van der Waals surface area contributed by atoms with Crippen molar-refractivity contribution in [2.75, 3.05) is 0 Å². The molecule has 0 aliphatic carbocycles. The van der Waals surface area contributed by atoms with Crippen molar-refractivity contribution in [1.29, 1.82) is 0 Å². The zero-order valence-corrected chi connectivity index (χ0v) is 12.0. The molecule has 0 fully saturated rings. The number of aromatic nitrogens is 1. The lowest BCUT2D eigenvalue weighted by Gasteiger charge is -2.01. The number of hydrogen-bond acceptors (Lipinski definition) is 5. The summed E-state index contributed by atoms with van der Waals surface area (Å²) in [6.45, 7) is 3.87. The minimum absolute atomic E-state index is 0.129. The molecule has 2 aromatic heterocycles. The first-order chi connectivity index (χ1) is 9.65. The standard InChI is InChI=1S/C15H13NO3S/c1-9-7-11(16-19-9)8-18-15(17)14-10(2)12-5-3-4-6-13(12)20-14/h3-7H,8H2,1-2H3. The van der Waals surface area contributed by atoms with Gasteiger partial charge in [-0.25, -0.2) is 4.79 Å². The minimum atomic E-state index is -0.315. The Labute approximate surface area is 120 Å². The first-order valence-electron chi connectivity index (χ1n) is 6.22. The van der Waals surface area contributed by atoms with Gasteiger partial charge in [0.1, 0.15) is 22.9 Å². The normalized spacial score (nSPS) is 10.9. The van der Waals surface area contributed by atoms with Gasteiger partial charge < -0.3 is 9.26 Å². The highest BCUT2D eigenvalue weighted by molar-refractivity contribution is 7.21. The van der Waals surface area contributed by atoms with Crippen LogP contribution in [-0.2, 0) is 11.3 Å². The maximum Gasteiger partial charge on any atom is 0.349 e. The van der Waals surface area contributed by atoms with Crippen molar-refractivity contribution in [1.82, 2.24) is 5.16 Å². The predicted octanol–water partition coefficient (Wildman–Crippen LogP) is 3.86. The van der Waals surface area contributed by atoms with E-state index in [9.17, 15) is 4.79 Å². The molecular weight excluding hydrogens is 274 g/mol. The Hall–Kier alpha value is -2.14. The fourth-order valence-electron chi connectivity index (χ4n) is 2.06. The van der Waals surface area contributed by atoms with Crippen LogP contribution in [0.5, 0.6) is 0 Å². The Morgan fingerprint density at radius 3 is 2.85 bits per heavy atom. The molecule has 3 aromatic rings. The average Bonchev–Trinajstić information content (AvgIpc) is 3.01. The fourth-order valence-corrected chi connectivity index (χ4v) is 3.16. The summed E-state index contributed by atoms with van der Waals surface area (Å²) in [6, 6.07) is 9.70. The van der Waals surface area contributed by atoms with E-state index in [4.69, 9.17) is 9.26 Å². The van der Waals surface area contributed by atoms with Crippen molar-refractivity contribution in [2.24, 2.45) is 0 Å². The van der Waals surface area contributed by atoms with Gasteiger partial charge in [-0.1, -0.05) is 23.4 Å². The summed E-state index contributed by atoms with van der Waals surface area (Å²) in [5.41, 5.74) is 1.58. The number of hydrogen-bond donors (Lipinski definition) is 0. The van der Waals surface area contributed by atoms with Crippen LogP contribution in [0.2, 0.25) is 0 Å². The van der Waals surface area contributed by atoms with Gasteiger partial charge >= 0.3 is 5.97 Å². The molecule has 0 radical (unpaired) electrons. The molecule has 0 amide bonds. The highest BCUT2D eigenvalue weighted by Gasteiger charge is 2.17. The average molecular weight is 287 g/mol. The molecule has 2 heterocycles. The van der Waals surface area contributed by atoms with Gasteiger partial charge in [-0.2, -0.15) is 0 Å². The Kier molecular flexibility index (Phi) is 3.28. The molecule has 0 saturated carbocycles. The second-order valence-corrected chi connectivity index (χ2v) is 5.61. The van der Waals surface area contributed by atoms with Gasteiger partial charge in [-0.3, -0.25) is 0 Å². The van der Waals surface area contributed by atoms with E-state index in [2.05, 4.69) is 5.16 Å². The summed E-state index contributed by atoms with van der Waals surface area (Å²) >= 11 is 1.45. The van der Waals surface area contributed by atoms with E-state index >= 15 is 0 Å². The summed E-state index contributed by atoms with van der Waals surface area (Å²) < 4.78 is 11.3. The number of carbonyl (C=O) groups is 1. The summed E-state index contributed by atoms with van der Waals surface area (Å²) in [6.07, 6.45) is 0. The molecule has 0 bridgehead atoms. The lowest BCUT2D eigenvalue weighted by atomic mass is 10.1. The number of fused-ring (bicyclic) bond motifs is 1. The van der Waals surface area contributed by atoms with Gasteiger partial charge in [0, 0.05) is 10.8 Å². The van der Waals surface area contributed by atoms with E-state index < -0.39 is 0 Å². The van der Waals surface area contributed by atoms with Crippen molar-refractivity contribution in [3.63, 3.8) is 0 Å². The molecular formula is C15H13NO3S. The second kappa shape index (κ2) is 5.09. The third-order valence-corrected chi connectivity index (χ3v) is 4.31. The maximum absolute atomic E-state index is 12.1. The van der Waals surface area contributed by atoms with E-state index in [0.717, 1.165) is 15.6 Å². The van der Waals surface area contributed by atoms with Crippen LogP contribution in [0.25, 0.3) is 10.1 Å². The molecule has 0 N–H and O–H groups in total. The lowest BCUT2D eigenvalue weighted by Crippen LogP contribution is -2.04. The first-order valence-corrected chi connectivity index (χ1v) is 7.04. The molecule has 0 aliphatic heterocycles. The van der Waals surface area contributed by atoms with E-state index in [-0.39, 0.29) is 12.6 Å². The lowest BCUT2D eigenvalue weighted by molar-refractivity contribution is 0.0469. The van der Waals surface area contributed by atoms with Gasteiger partial charge in [0.25, 0.3) is 0 Å². The third-order valence-electron chi connectivity index (χ3n) is 3.06. The molecule has 0 spiro atoms. The molecule has 0 aliphatic rings. The smallest absolute Gasteiger partial charge is 0.349 e. The Morgan fingerprint density at radius 2 is 2.15 bits per heavy atom. The van der Waals surface area contributed by atoms with Crippen LogP contribution in [0.3, 0.4) is 0 Å². The number of ether oxygens (including phenoxy) is 1. The van der Waals surface area contributed by atoms with Crippen LogP contribution in [0.15, 0.2) is 34.9 Å². The number of thiophene rings is 1. The number of benzene rings is 1. The van der Waals surface area contributed by atoms with Gasteiger partial charge in [0.05, 0.1) is 0 Å². The zero-order valence-electron chi connectivity index (χ0n) is 11.2. The quantitative estimate of drug-likeness (QED) is 0.686. The number of carbonyl (C=O) groups excluding carboxylic acids is 1. The van der Waals surface area contributed by atoms with E-state index in [0.29, 0.717) is 16.3 Å². The van der Waals surface area contributed by atoms with Crippen LogP contribution in [-0.4, -0.2) is 11.1 Å². The topological polar surface area (TPSA) is 52.3 Å². The molecule has 20 heavy (non-hydrogen) atoms. The van der Waals surface area contributed by atoms with Crippen LogP contribution in [0.4, 0.5) is 0 Å². The molecule has 102 valence electrons. The largest absolute Gasteiger partial charge is 0.455 e. The molecule has 0 saturated heterocycles. The van der Waals surface area contributed by atoms with E-state index in [1.165, 1.54) is 11.3 Å². The first kappa shape index (κ1) is 12.9. The van der Waals surface area contributed by atoms with Crippen LogP contribution in [0, 0.1) is 13.8 Å². The summed E-state index contributed by atoms with van der Waals surface area (Å²) in [7, 11) is 0. The summed E-state index contributed by atoms with van der Waals surface area (Å²) in [5, 5.41) is 4.90. The van der Waals surface area contributed by atoms with Crippen LogP contribution >= 0.6 is 11.3 Å². The molecule has 0 atom stereocenters. The molecule has 3 rings (SSSR count).